The fourth-order valence-electron chi connectivity index (χ4n) is 3.12. The molecule has 6 heteroatoms. The van der Waals surface area contributed by atoms with Crippen LogP contribution in [0.25, 0.3) is 5.69 Å². The van der Waals surface area contributed by atoms with Gasteiger partial charge in [0.15, 0.2) is 0 Å². The Morgan fingerprint density at radius 2 is 1.48 bits per heavy atom. The average molecular weight is 363 g/mol. The average Bonchev–Trinajstić information content (AvgIpc) is 2.72. The first-order valence-corrected chi connectivity index (χ1v) is 9.36. The molecule has 2 N–H and O–H groups in total. The van der Waals surface area contributed by atoms with E-state index in [1.54, 1.807) is 4.57 Å². The van der Waals surface area contributed by atoms with Crippen molar-refractivity contribution in [2.45, 2.75) is 40.0 Å². The van der Waals surface area contributed by atoms with Crippen molar-refractivity contribution >= 4 is 11.6 Å². The number of aromatic nitrogens is 3. The largest absolute Gasteiger partial charge is 0.356 e. The summed E-state index contributed by atoms with van der Waals surface area (Å²) in [4.78, 5) is 21.6. The Balaban J connectivity index is 2.02. The van der Waals surface area contributed by atoms with E-state index in [0.29, 0.717) is 12.2 Å². The molecule has 0 saturated carbocycles. The standard InChI is InChI=1S/C21H25N5O/c1-4-15-11-10-12-16(5-2)19(15)26-18(6-3)22-20(23-21(26)27)25-24-17-13-8-7-9-14-17/h7-14,24H,4-6H2,1-3H3,(H,23,25,27). The van der Waals surface area contributed by atoms with Crippen molar-refractivity contribution < 1.29 is 0 Å². The lowest BCUT2D eigenvalue weighted by Crippen LogP contribution is -2.30. The summed E-state index contributed by atoms with van der Waals surface area (Å²) >= 11 is 0. The first kappa shape index (κ1) is 18.6. The highest BCUT2D eigenvalue weighted by atomic mass is 16.1. The Hall–Kier alpha value is -3.15. The second kappa shape index (κ2) is 8.49. The molecule has 0 unspecified atom stereocenters. The summed E-state index contributed by atoms with van der Waals surface area (Å²) in [6.07, 6.45) is 2.31. The second-order valence-corrected chi connectivity index (χ2v) is 6.18. The second-order valence-electron chi connectivity index (χ2n) is 6.18. The molecule has 0 radical (unpaired) electrons. The number of hydrazine groups is 1. The SMILES string of the molecule is CCc1cccc(CC)c1-n1c(CC)nc(NNc2ccccc2)nc1=O. The molecule has 1 aromatic heterocycles. The molecule has 0 aliphatic heterocycles. The van der Waals surface area contributed by atoms with Gasteiger partial charge in [0, 0.05) is 6.42 Å². The van der Waals surface area contributed by atoms with E-state index in [0.717, 1.165) is 35.3 Å². The van der Waals surface area contributed by atoms with Crippen LogP contribution in [0.4, 0.5) is 11.6 Å². The molecule has 0 amide bonds. The lowest BCUT2D eigenvalue weighted by Gasteiger charge is -2.18. The first-order chi connectivity index (χ1) is 13.2. The fraction of sp³-hybridized carbons (Fsp3) is 0.286. The molecule has 27 heavy (non-hydrogen) atoms. The van der Waals surface area contributed by atoms with Gasteiger partial charge in [-0.3, -0.25) is 10.9 Å². The number of nitrogens with one attached hydrogen (secondary N) is 2. The van der Waals surface area contributed by atoms with Gasteiger partial charge in [-0.05, 0) is 36.1 Å². The topological polar surface area (TPSA) is 71.8 Å². The maximum Gasteiger partial charge on any atom is 0.356 e. The maximum absolute atomic E-state index is 12.9. The van der Waals surface area contributed by atoms with E-state index in [-0.39, 0.29) is 11.6 Å². The normalized spacial score (nSPS) is 10.6. The van der Waals surface area contributed by atoms with Gasteiger partial charge in [-0.1, -0.05) is 57.2 Å². The van der Waals surface area contributed by atoms with Crippen LogP contribution in [0.2, 0.25) is 0 Å². The Kier molecular flexibility index (Phi) is 5.86. The minimum atomic E-state index is -0.324. The van der Waals surface area contributed by atoms with E-state index >= 15 is 0 Å². The van der Waals surface area contributed by atoms with Gasteiger partial charge in [0.25, 0.3) is 0 Å². The van der Waals surface area contributed by atoms with E-state index in [4.69, 9.17) is 0 Å². The van der Waals surface area contributed by atoms with E-state index in [1.165, 1.54) is 0 Å². The van der Waals surface area contributed by atoms with E-state index in [9.17, 15) is 4.79 Å². The van der Waals surface area contributed by atoms with Crippen molar-refractivity contribution in [3.05, 3.63) is 76.0 Å². The van der Waals surface area contributed by atoms with Crippen LogP contribution in [0, 0.1) is 0 Å². The van der Waals surface area contributed by atoms with Crippen molar-refractivity contribution in [3.8, 4) is 5.69 Å². The monoisotopic (exact) mass is 363 g/mol. The van der Waals surface area contributed by atoms with E-state index in [1.807, 2.05) is 43.3 Å². The summed E-state index contributed by atoms with van der Waals surface area (Å²) in [7, 11) is 0. The zero-order valence-electron chi connectivity index (χ0n) is 16.0. The van der Waals surface area contributed by atoms with Gasteiger partial charge in [0.05, 0.1) is 11.4 Å². The summed E-state index contributed by atoms with van der Waals surface area (Å²) in [5.41, 5.74) is 9.66. The Labute approximate surface area is 159 Å². The van der Waals surface area contributed by atoms with Crippen molar-refractivity contribution in [1.82, 2.24) is 14.5 Å². The molecule has 0 fully saturated rings. The molecule has 0 atom stereocenters. The lowest BCUT2D eigenvalue weighted by atomic mass is 10.0. The van der Waals surface area contributed by atoms with Crippen molar-refractivity contribution in [3.63, 3.8) is 0 Å². The number of rotatable bonds is 7. The smallest absolute Gasteiger partial charge is 0.298 e. The van der Waals surface area contributed by atoms with Crippen LogP contribution in [0.5, 0.6) is 0 Å². The number of para-hydroxylation sites is 2. The number of benzene rings is 2. The Morgan fingerprint density at radius 1 is 0.815 bits per heavy atom. The van der Waals surface area contributed by atoms with Gasteiger partial charge < -0.3 is 0 Å². The van der Waals surface area contributed by atoms with Crippen molar-refractivity contribution in [1.29, 1.82) is 0 Å². The van der Waals surface area contributed by atoms with Gasteiger partial charge in [0.1, 0.15) is 5.82 Å². The number of anilines is 2. The highest BCUT2D eigenvalue weighted by molar-refractivity contribution is 5.50. The Bertz CT molecular complexity index is 944. The van der Waals surface area contributed by atoms with E-state index < -0.39 is 0 Å². The summed E-state index contributed by atoms with van der Waals surface area (Å²) in [6.45, 7) is 6.18. The summed E-state index contributed by atoms with van der Waals surface area (Å²) in [6, 6.07) is 15.8. The third-order valence-electron chi connectivity index (χ3n) is 4.48. The molecule has 2 aromatic carbocycles. The molecule has 0 bridgehead atoms. The maximum atomic E-state index is 12.9. The van der Waals surface area contributed by atoms with Gasteiger partial charge in [-0.25, -0.2) is 9.36 Å². The molecular weight excluding hydrogens is 338 g/mol. The number of hydrogen-bond donors (Lipinski definition) is 2. The molecule has 3 aromatic rings. The molecule has 0 aliphatic carbocycles. The number of nitrogens with zero attached hydrogens (tertiary/aromatic N) is 3. The minimum absolute atomic E-state index is 0.268. The third kappa shape index (κ3) is 4.00. The van der Waals surface area contributed by atoms with Crippen LogP contribution in [0.1, 0.15) is 37.7 Å². The fourth-order valence-corrected chi connectivity index (χ4v) is 3.12. The molecule has 6 nitrogen and oxygen atoms in total. The lowest BCUT2D eigenvalue weighted by molar-refractivity contribution is 0.758. The highest BCUT2D eigenvalue weighted by Crippen LogP contribution is 2.21. The van der Waals surface area contributed by atoms with Gasteiger partial charge in [-0.2, -0.15) is 9.97 Å². The van der Waals surface area contributed by atoms with Crippen LogP contribution in [-0.2, 0) is 19.3 Å². The third-order valence-corrected chi connectivity index (χ3v) is 4.48. The van der Waals surface area contributed by atoms with Crippen LogP contribution in [0.15, 0.2) is 53.3 Å². The molecule has 140 valence electrons. The van der Waals surface area contributed by atoms with Crippen LogP contribution < -0.4 is 16.5 Å². The van der Waals surface area contributed by atoms with Gasteiger partial charge >= 0.3 is 5.69 Å². The molecule has 1 heterocycles. The first-order valence-electron chi connectivity index (χ1n) is 9.36. The zero-order chi connectivity index (χ0) is 19.2. The predicted octanol–water partition coefficient (Wildman–Crippen LogP) is 3.75. The highest BCUT2D eigenvalue weighted by Gasteiger charge is 2.16. The molecule has 0 spiro atoms. The molecule has 3 rings (SSSR count). The van der Waals surface area contributed by atoms with Crippen LogP contribution in [-0.4, -0.2) is 14.5 Å². The summed E-state index contributed by atoms with van der Waals surface area (Å²) < 4.78 is 1.66. The van der Waals surface area contributed by atoms with Gasteiger partial charge in [0.2, 0.25) is 5.95 Å². The van der Waals surface area contributed by atoms with Gasteiger partial charge in [-0.15, -0.1) is 0 Å². The summed E-state index contributed by atoms with van der Waals surface area (Å²) in [5, 5.41) is 0. The Morgan fingerprint density at radius 3 is 2.07 bits per heavy atom. The van der Waals surface area contributed by atoms with Crippen LogP contribution in [0.3, 0.4) is 0 Å². The summed E-state index contributed by atoms with van der Waals surface area (Å²) in [5.74, 6) is 0.951. The van der Waals surface area contributed by atoms with Crippen LogP contribution >= 0.6 is 0 Å². The van der Waals surface area contributed by atoms with E-state index in [2.05, 4.69) is 46.8 Å². The quantitative estimate of drug-likeness (QED) is 0.626. The zero-order valence-corrected chi connectivity index (χ0v) is 16.0. The van der Waals surface area contributed by atoms with Crippen molar-refractivity contribution in [2.75, 3.05) is 10.9 Å². The van der Waals surface area contributed by atoms with Crippen molar-refractivity contribution in [2.24, 2.45) is 0 Å². The number of hydrogen-bond acceptors (Lipinski definition) is 5. The molecule has 0 aliphatic rings. The minimum Gasteiger partial charge on any atom is -0.298 e. The number of aryl methyl sites for hydroxylation is 3. The molecule has 0 saturated heterocycles. The predicted molar refractivity (Wildman–Crippen MR) is 109 cm³/mol. The molecular formula is C21H25N5O.